The zero-order valence-electron chi connectivity index (χ0n) is 15.0. The molecule has 3 N–H and O–H groups in total. The minimum absolute atomic E-state index is 0.398. The second-order valence-electron chi connectivity index (χ2n) is 5.30. The minimum atomic E-state index is 0.398. The Balaban J connectivity index is 1.89. The molecule has 0 aliphatic heterocycles. The maximum Gasteiger partial charge on any atom is 0.232 e. The first-order valence-electron chi connectivity index (χ1n) is 7.72. The highest BCUT2D eigenvalue weighted by Gasteiger charge is 2.16. The monoisotopic (exact) mass is 376 g/mol. The molecular weight excluding hydrogens is 356 g/mol. The van der Waals surface area contributed by atoms with E-state index in [0.29, 0.717) is 45.9 Å². The summed E-state index contributed by atoms with van der Waals surface area (Å²) in [5, 5.41) is 4.59. The highest BCUT2D eigenvalue weighted by Crippen LogP contribution is 2.40. The molecule has 3 aromatic rings. The van der Waals surface area contributed by atoms with Gasteiger partial charge in [0, 0.05) is 29.9 Å². The van der Waals surface area contributed by atoms with Gasteiger partial charge in [-0.2, -0.15) is 4.98 Å². The van der Waals surface area contributed by atoms with Gasteiger partial charge in [-0.25, -0.2) is 4.98 Å². The smallest absolute Gasteiger partial charge is 0.232 e. The molecule has 138 valence electrons. The molecule has 0 saturated carbocycles. The molecule has 1 aromatic carbocycles. The first-order chi connectivity index (χ1) is 12.6. The molecule has 8 nitrogen and oxygen atoms in total. The third-order valence-corrected chi connectivity index (χ3v) is 4.40. The van der Waals surface area contributed by atoms with Crippen LogP contribution in [0.4, 0.5) is 11.5 Å². The first kappa shape index (κ1) is 18.0. The quantitative estimate of drug-likeness (QED) is 0.475. The number of ether oxygens (including phenoxy) is 3. The molecule has 9 heteroatoms. The molecule has 0 spiro atoms. The van der Waals surface area contributed by atoms with Crippen LogP contribution in [0.1, 0.15) is 5.56 Å². The van der Waals surface area contributed by atoms with Crippen molar-refractivity contribution in [3.8, 4) is 17.2 Å². The van der Waals surface area contributed by atoms with Gasteiger partial charge in [-0.3, -0.25) is 0 Å². The molecule has 0 bridgehead atoms. The van der Waals surface area contributed by atoms with Crippen LogP contribution in [-0.2, 0) is 6.54 Å². The van der Waals surface area contributed by atoms with Crippen molar-refractivity contribution in [3.05, 3.63) is 24.0 Å². The summed E-state index contributed by atoms with van der Waals surface area (Å²) >= 11 is 1.41. The Labute approximate surface area is 155 Å². The van der Waals surface area contributed by atoms with Crippen molar-refractivity contribution in [2.75, 3.05) is 38.6 Å². The van der Waals surface area contributed by atoms with Crippen LogP contribution in [0.2, 0.25) is 0 Å². The van der Waals surface area contributed by atoms with Crippen molar-refractivity contribution >= 4 is 34.4 Å². The van der Waals surface area contributed by atoms with Gasteiger partial charge in [0.15, 0.2) is 16.7 Å². The number of aromatic nitrogens is 2. The zero-order chi connectivity index (χ0) is 18.7. The molecular formula is C17H20N4O4S. The van der Waals surface area contributed by atoms with E-state index in [0.717, 1.165) is 11.3 Å². The summed E-state index contributed by atoms with van der Waals surface area (Å²) in [5.41, 5.74) is 8.20. The van der Waals surface area contributed by atoms with Gasteiger partial charge >= 0.3 is 0 Å². The van der Waals surface area contributed by atoms with E-state index in [1.165, 1.54) is 11.8 Å². The molecule has 0 amide bonds. The molecule has 0 atom stereocenters. The molecule has 2 aromatic heterocycles. The summed E-state index contributed by atoms with van der Waals surface area (Å²) in [6, 6.07) is 3.66. The molecule has 3 rings (SSSR count). The van der Waals surface area contributed by atoms with Gasteiger partial charge in [-0.15, -0.1) is 0 Å². The molecule has 26 heavy (non-hydrogen) atoms. The molecule has 0 radical (unpaired) electrons. The molecule has 0 unspecified atom stereocenters. The minimum Gasteiger partial charge on any atom is -0.493 e. The number of fused-ring (bicyclic) bond motifs is 1. The predicted octanol–water partition coefficient (Wildman–Crippen LogP) is 3.16. The summed E-state index contributed by atoms with van der Waals surface area (Å²) in [5.74, 6) is 2.07. The van der Waals surface area contributed by atoms with E-state index >= 15 is 0 Å². The fourth-order valence-corrected chi connectivity index (χ4v) is 2.97. The first-order valence-corrected chi connectivity index (χ1v) is 8.95. The van der Waals surface area contributed by atoms with Crippen molar-refractivity contribution in [1.29, 1.82) is 0 Å². The van der Waals surface area contributed by atoms with Crippen LogP contribution < -0.4 is 25.3 Å². The Morgan fingerprint density at radius 3 is 2.38 bits per heavy atom. The maximum absolute atomic E-state index is 6.07. The average molecular weight is 376 g/mol. The van der Waals surface area contributed by atoms with E-state index in [4.69, 9.17) is 24.4 Å². The SMILES string of the molecule is COc1cc(NCc2coc3nc(SC)nc(N)c23)cc(OC)c1OC. The number of hydrogen-bond acceptors (Lipinski definition) is 9. The van der Waals surface area contributed by atoms with Gasteiger partial charge < -0.3 is 29.7 Å². The number of methoxy groups -OCH3 is 3. The Bertz CT molecular complexity index is 904. The van der Waals surface area contributed by atoms with Crippen molar-refractivity contribution < 1.29 is 18.6 Å². The predicted molar refractivity (Wildman–Crippen MR) is 101 cm³/mol. The largest absolute Gasteiger partial charge is 0.493 e. The van der Waals surface area contributed by atoms with Crippen molar-refractivity contribution in [2.45, 2.75) is 11.7 Å². The van der Waals surface area contributed by atoms with Crippen LogP contribution in [0.25, 0.3) is 11.1 Å². The Morgan fingerprint density at radius 2 is 1.81 bits per heavy atom. The van der Waals surface area contributed by atoms with Gasteiger partial charge in [-0.1, -0.05) is 11.8 Å². The van der Waals surface area contributed by atoms with Crippen LogP contribution in [0, 0.1) is 0 Å². The standard InChI is InChI=1S/C17H20N4O4S/c1-22-11-5-10(6-12(23-2)14(11)24-3)19-7-9-8-25-16-13(9)15(18)20-17(21-16)26-4/h5-6,8,19H,7H2,1-4H3,(H2,18,20,21). The van der Waals surface area contributed by atoms with Gasteiger partial charge in [0.25, 0.3) is 0 Å². The fraction of sp³-hybridized carbons (Fsp3) is 0.294. The van der Waals surface area contributed by atoms with Crippen molar-refractivity contribution in [1.82, 2.24) is 9.97 Å². The Kier molecular flexibility index (Phi) is 5.27. The molecule has 0 fully saturated rings. The second kappa shape index (κ2) is 7.61. The number of hydrogen-bond donors (Lipinski definition) is 2. The fourth-order valence-electron chi connectivity index (χ4n) is 2.61. The molecule has 2 heterocycles. The van der Waals surface area contributed by atoms with Gasteiger partial charge in [-0.05, 0) is 6.26 Å². The summed E-state index contributed by atoms with van der Waals surface area (Å²) < 4.78 is 21.6. The number of benzene rings is 1. The van der Waals surface area contributed by atoms with E-state index in [-0.39, 0.29) is 0 Å². The molecule has 0 aliphatic carbocycles. The number of nitrogens with one attached hydrogen (secondary N) is 1. The Hall–Kier alpha value is -2.81. The van der Waals surface area contributed by atoms with Gasteiger partial charge in [0.1, 0.15) is 5.82 Å². The van der Waals surface area contributed by atoms with Crippen LogP contribution in [0.3, 0.4) is 0 Å². The third kappa shape index (κ3) is 3.30. The third-order valence-electron chi connectivity index (χ3n) is 3.85. The zero-order valence-corrected chi connectivity index (χ0v) is 15.8. The lowest BCUT2D eigenvalue weighted by molar-refractivity contribution is 0.324. The maximum atomic E-state index is 6.07. The Morgan fingerprint density at radius 1 is 1.12 bits per heavy atom. The van der Waals surface area contributed by atoms with E-state index < -0.39 is 0 Å². The lowest BCUT2D eigenvalue weighted by Crippen LogP contribution is -2.03. The van der Waals surface area contributed by atoms with Gasteiger partial charge in [0.05, 0.1) is 33.0 Å². The number of thioether (sulfide) groups is 1. The number of furan rings is 1. The van der Waals surface area contributed by atoms with Gasteiger partial charge in [0.2, 0.25) is 11.5 Å². The van der Waals surface area contributed by atoms with E-state index in [2.05, 4.69) is 15.3 Å². The van der Waals surface area contributed by atoms with Crippen LogP contribution >= 0.6 is 11.8 Å². The molecule has 0 saturated heterocycles. The van der Waals surface area contributed by atoms with Crippen molar-refractivity contribution in [3.63, 3.8) is 0 Å². The summed E-state index contributed by atoms with van der Waals surface area (Å²) in [6.07, 6.45) is 3.52. The number of rotatable bonds is 7. The summed E-state index contributed by atoms with van der Waals surface area (Å²) in [6.45, 7) is 0.470. The average Bonchev–Trinajstić information content (AvgIpc) is 3.08. The highest BCUT2D eigenvalue weighted by atomic mass is 32.2. The van der Waals surface area contributed by atoms with Crippen molar-refractivity contribution in [2.24, 2.45) is 0 Å². The summed E-state index contributed by atoms with van der Waals surface area (Å²) in [4.78, 5) is 8.60. The number of nitrogens with zero attached hydrogens (tertiary/aromatic N) is 2. The van der Waals surface area contributed by atoms with E-state index in [9.17, 15) is 0 Å². The topological polar surface area (TPSA) is 105 Å². The number of nitrogen functional groups attached to an aromatic ring is 1. The highest BCUT2D eigenvalue weighted by molar-refractivity contribution is 7.98. The second-order valence-corrected chi connectivity index (χ2v) is 6.08. The van der Waals surface area contributed by atoms with Crippen LogP contribution in [0.5, 0.6) is 17.2 Å². The lowest BCUT2D eigenvalue weighted by atomic mass is 10.2. The molecule has 0 aliphatic rings. The van der Waals surface area contributed by atoms with Crippen LogP contribution in [-0.4, -0.2) is 37.6 Å². The summed E-state index contributed by atoms with van der Waals surface area (Å²) in [7, 11) is 4.72. The lowest BCUT2D eigenvalue weighted by Gasteiger charge is -2.15. The number of nitrogens with two attached hydrogens (primary N) is 1. The number of anilines is 2. The van der Waals surface area contributed by atoms with E-state index in [1.807, 2.05) is 18.4 Å². The normalized spacial score (nSPS) is 10.8. The van der Waals surface area contributed by atoms with Crippen LogP contribution in [0.15, 0.2) is 28.0 Å². The van der Waals surface area contributed by atoms with E-state index in [1.54, 1.807) is 27.6 Å².